The second-order valence-corrected chi connectivity index (χ2v) is 9.08. The van der Waals surface area contributed by atoms with Gasteiger partial charge in [-0.25, -0.2) is 14.2 Å². The first-order valence-corrected chi connectivity index (χ1v) is 11.4. The molecule has 0 unspecified atom stereocenters. The number of aromatic nitrogens is 4. The Morgan fingerprint density at radius 2 is 1.94 bits per heavy atom. The summed E-state index contributed by atoms with van der Waals surface area (Å²) in [6.07, 6.45) is 3.80. The van der Waals surface area contributed by atoms with E-state index in [-0.39, 0.29) is 16.5 Å². The Morgan fingerprint density at radius 3 is 2.65 bits per heavy atom. The lowest BCUT2D eigenvalue weighted by molar-refractivity contribution is 0.436. The second-order valence-electron chi connectivity index (χ2n) is 8.71. The summed E-state index contributed by atoms with van der Waals surface area (Å²) in [7, 11) is 1.83. The van der Waals surface area contributed by atoms with Crippen LogP contribution < -0.4 is 10.5 Å². The second kappa shape index (κ2) is 8.58. The number of nitrogens with zero attached hydrogens (tertiary/aromatic N) is 6. The quantitative estimate of drug-likeness (QED) is 0.373. The summed E-state index contributed by atoms with van der Waals surface area (Å²) in [5.74, 6) is 0.597. The number of rotatable bonds is 3. The summed E-state index contributed by atoms with van der Waals surface area (Å²) >= 11 is 6.61. The van der Waals surface area contributed by atoms with Gasteiger partial charge in [0.25, 0.3) is 5.56 Å². The topological polar surface area (TPSA) is 60.3 Å². The van der Waals surface area contributed by atoms with Gasteiger partial charge in [-0.1, -0.05) is 30.7 Å². The normalized spacial score (nSPS) is 14.5. The average Bonchev–Trinajstić information content (AvgIpc) is 3.20. The van der Waals surface area contributed by atoms with Gasteiger partial charge >= 0.3 is 0 Å². The zero-order valence-corrected chi connectivity index (χ0v) is 19.6. The molecule has 0 spiro atoms. The van der Waals surface area contributed by atoms with Crippen molar-refractivity contribution in [1.29, 1.82) is 0 Å². The minimum absolute atomic E-state index is 0.0304. The number of aryl methyl sites for hydroxylation is 1. The number of piperidine rings is 1. The van der Waals surface area contributed by atoms with E-state index in [0.29, 0.717) is 23.0 Å². The van der Waals surface area contributed by atoms with Gasteiger partial charge < -0.3 is 4.90 Å². The summed E-state index contributed by atoms with van der Waals surface area (Å²) < 4.78 is 17.7. The molecule has 1 saturated heterocycles. The van der Waals surface area contributed by atoms with Gasteiger partial charge in [0.2, 0.25) is 5.69 Å². The average molecular weight is 477 g/mol. The lowest BCUT2D eigenvalue weighted by Crippen LogP contribution is -2.36. The van der Waals surface area contributed by atoms with E-state index in [9.17, 15) is 9.18 Å². The van der Waals surface area contributed by atoms with Gasteiger partial charge in [-0.15, -0.1) is 0 Å². The minimum atomic E-state index is -0.667. The van der Waals surface area contributed by atoms with E-state index in [0.717, 1.165) is 36.8 Å². The van der Waals surface area contributed by atoms with Crippen LogP contribution in [0.1, 0.15) is 19.8 Å². The molecule has 0 atom stereocenters. The summed E-state index contributed by atoms with van der Waals surface area (Å²) in [6.45, 7) is 10.8. The van der Waals surface area contributed by atoms with E-state index in [1.54, 1.807) is 16.8 Å². The lowest BCUT2D eigenvalue weighted by atomic mass is 9.99. The van der Waals surface area contributed by atoms with Crippen LogP contribution in [0.4, 0.5) is 15.9 Å². The van der Waals surface area contributed by atoms with Gasteiger partial charge in [0.1, 0.15) is 16.7 Å². The Hall–Kier alpha value is -3.70. The molecule has 0 radical (unpaired) electrons. The van der Waals surface area contributed by atoms with E-state index < -0.39 is 11.4 Å². The molecule has 172 valence electrons. The molecule has 1 aliphatic heterocycles. The first kappa shape index (κ1) is 22.1. The van der Waals surface area contributed by atoms with Crippen LogP contribution in [-0.4, -0.2) is 32.4 Å². The fraction of sp³-hybridized carbons (Fsp3) is 0.280. The molecule has 1 fully saturated rings. The zero-order valence-electron chi connectivity index (χ0n) is 18.8. The van der Waals surface area contributed by atoms with Crippen LogP contribution in [-0.2, 0) is 7.05 Å². The number of hydrogen-bond acceptors (Lipinski definition) is 4. The Bertz CT molecular complexity index is 1510. The first-order chi connectivity index (χ1) is 16.4. The fourth-order valence-corrected chi connectivity index (χ4v) is 4.61. The predicted molar refractivity (Wildman–Crippen MR) is 131 cm³/mol. The van der Waals surface area contributed by atoms with Crippen molar-refractivity contribution in [2.24, 2.45) is 13.0 Å². The molecule has 5 rings (SSSR count). The third kappa shape index (κ3) is 3.82. The summed E-state index contributed by atoms with van der Waals surface area (Å²) in [5.41, 5.74) is 1.19. The Morgan fingerprint density at radius 1 is 1.18 bits per heavy atom. The Kier molecular flexibility index (Phi) is 5.58. The van der Waals surface area contributed by atoms with Crippen LogP contribution in [0.5, 0.6) is 0 Å². The molecule has 2 aromatic heterocycles. The molecule has 0 N–H and O–H groups in total. The van der Waals surface area contributed by atoms with E-state index in [2.05, 4.69) is 16.9 Å². The molecule has 7 nitrogen and oxygen atoms in total. The number of hydrogen-bond donors (Lipinski definition) is 0. The van der Waals surface area contributed by atoms with Crippen molar-refractivity contribution >= 4 is 34.0 Å². The van der Waals surface area contributed by atoms with E-state index in [1.165, 1.54) is 16.7 Å². The smallest absolute Gasteiger partial charge is 0.279 e. The largest absolute Gasteiger partial charge is 0.355 e. The van der Waals surface area contributed by atoms with Gasteiger partial charge in [0.05, 0.1) is 17.8 Å². The van der Waals surface area contributed by atoms with Gasteiger partial charge in [-0.05, 0) is 43.0 Å². The fourth-order valence-electron chi connectivity index (χ4n) is 4.36. The highest BCUT2D eigenvalue weighted by molar-refractivity contribution is 6.32. The molecule has 4 aromatic rings. The third-order valence-corrected chi connectivity index (χ3v) is 6.61. The predicted octanol–water partition coefficient (Wildman–Crippen LogP) is 5.37. The van der Waals surface area contributed by atoms with E-state index >= 15 is 0 Å². The van der Waals surface area contributed by atoms with Crippen LogP contribution in [0.2, 0.25) is 5.02 Å². The molecule has 0 amide bonds. The van der Waals surface area contributed by atoms with Crippen molar-refractivity contribution in [3.63, 3.8) is 0 Å². The van der Waals surface area contributed by atoms with Crippen LogP contribution in [0.25, 0.3) is 32.8 Å². The molecule has 3 heterocycles. The molecule has 1 aliphatic rings. The number of anilines is 1. The Labute approximate surface area is 200 Å². The van der Waals surface area contributed by atoms with Crippen molar-refractivity contribution in [2.45, 2.75) is 19.8 Å². The van der Waals surface area contributed by atoms with Crippen molar-refractivity contribution in [3.8, 4) is 17.1 Å². The number of benzene rings is 2. The van der Waals surface area contributed by atoms with Crippen LogP contribution >= 0.6 is 11.6 Å². The van der Waals surface area contributed by atoms with Gasteiger partial charge in [0.15, 0.2) is 5.82 Å². The SMILES string of the molecule is [C-]#[N+]c1ccc(-c2nc(N3CCC(C)CC3)c(Cl)c(=O)n2-c2ccc3nn(C)cc3c2)cc1F. The zero-order chi connectivity index (χ0) is 24.0. The maximum atomic E-state index is 14.6. The summed E-state index contributed by atoms with van der Waals surface area (Å²) in [6, 6.07) is 9.66. The third-order valence-electron chi connectivity index (χ3n) is 6.28. The van der Waals surface area contributed by atoms with Crippen molar-refractivity contribution in [3.05, 3.63) is 75.2 Å². The first-order valence-electron chi connectivity index (χ1n) is 11.0. The van der Waals surface area contributed by atoms with Gasteiger partial charge in [-0.2, -0.15) is 5.10 Å². The molecular formula is C25H22ClFN6O. The van der Waals surface area contributed by atoms with E-state index in [4.69, 9.17) is 23.2 Å². The highest BCUT2D eigenvalue weighted by Crippen LogP contribution is 2.32. The molecule has 0 bridgehead atoms. The number of halogens is 2. The van der Waals surface area contributed by atoms with Crippen molar-refractivity contribution < 1.29 is 4.39 Å². The maximum absolute atomic E-state index is 14.6. The standard InChI is InChI=1S/C25H22ClFN6O/c1-15-8-10-32(11-9-15)24-22(26)25(34)33(18-5-7-20-17(12-18)14-31(3)30-20)23(29-24)16-4-6-21(28-2)19(27)13-16/h4-7,12-15H,8-11H2,1,3H3. The highest BCUT2D eigenvalue weighted by Gasteiger charge is 2.25. The molecule has 2 aromatic carbocycles. The number of fused-ring (bicyclic) bond motifs is 1. The minimum Gasteiger partial charge on any atom is -0.355 e. The highest BCUT2D eigenvalue weighted by atomic mass is 35.5. The van der Waals surface area contributed by atoms with Crippen LogP contribution in [0.3, 0.4) is 0 Å². The van der Waals surface area contributed by atoms with Crippen molar-refractivity contribution in [1.82, 2.24) is 19.3 Å². The Balaban J connectivity index is 1.75. The molecule has 0 aliphatic carbocycles. The summed E-state index contributed by atoms with van der Waals surface area (Å²) in [4.78, 5) is 23.7. The van der Waals surface area contributed by atoms with Crippen molar-refractivity contribution in [2.75, 3.05) is 18.0 Å². The molecule has 9 heteroatoms. The van der Waals surface area contributed by atoms with Crippen LogP contribution in [0.15, 0.2) is 47.4 Å². The molecule has 34 heavy (non-hydrogen) atoms. The maximum Gasteiger partial charge on any atom is 0.279 e. The van der Waals surface area contributed by atoms with Crippen LogP contribution in [0, 0.1) is 18.3 Å². The monoisotopic (exact) mass is 476 g/mol. The lowest BCUT2D eigenvalue weighted by Gasteiger charge is -2.32. The molecular weight excluding hydrogens is 455 g/mol. The summed E-state index contributed by atoms with van der Waals surface area (Å²) in [5, 5.41) is 5.26. The van der Waals surface area contributed by atoms with E-state index in [1.807, 2.05) is 30.3 Å². The molecule has 0 saturated carbocycles. The van der Waals surface area contributed by atoms with Gasteiger partial charge in [0, 0.05) is 37.3 Å². The van der Waals surface area contributed by atoms with Gasteiger partial charge in [-0.3, -0.25) is 14.0 Å².